The molecule has 0 aromatic heterocycles. The first-order valence-electron chi connectivity index (χ1n) is 7.01. The van der Waals surface area contributed by atoms with E-state index in [1.807, 2.05) is 26.8 Å². The molecule has 2 atom stereocenters. The molecule has 0 N–H and O–H groups in total. The largest absolute Gasteiger partial charge is 0.380 e. The van der Waals surface area contributed by atoms with Gasteiger partial charge in [-0.05, 0) is 18.2 Å². The van der Waals surface area contributed by atoms with E-state index in [-0.39, 0.29) is 17.3 Å². The molecule has 0 saturated carbocycles. The molecule has 0 amide bonds. The Labute approximate surface area is 127 Å². The molecule has 0 spiro atoms. The topological polar surface area (TPSA) is 26.3 Å². The Bertz CT molecular complexity index is 409. The number of thioether (sulfide) groups is 1. The third kappa shape index (κ3) is 5.29. The van der Waals surface area contributed by atoms with Crippen molar-refractivity contribution in [1.82, 2.24) is 0 Å². The van der Waals surface area contributed by atoms with Gasteiger partial charge in [-0.3, -0.25) is 4.79 Å². The lowest BCUT2D eigenvalue weighted by atomic mass is 9.86. The number of methoxy groups -OCH3 is 1. The van der Waals surface area contributed by atoms with Crippen LogP contribution in [0, 0.1) is 5.41 Å². The lowest BCUT2D eigenvalue weighted by molar-refractivity contribution is -0.128. The third-order valence-corrected chi connectivity index (χ3v) is 4.60. The van der Waals surface area contributed by atoms with Gasteiger partial charge in [0.05, 0.1) is 6.10 Å². The zero-order valence-corrected chi connectivity index (χ0v) is 14.0. The quantitative estimate of drug-likeness (QED) is 0.761. The van der Waals surface area contributed by atoms with Gasteiger partial charge in [0.25, 0.3) is 0 Å². The molecule has 0 unspecified atom stereocenters. The summed E-state index contributed by atoms with van der Waals surface area (Å²) in [6.45, 7) is 5.90. The molecule has 0 bridgehead atoms. The number of ketones is 1. The van der Waals surface area contributed by atoms with E-state index >= 15 is 0 Å². The fourth-order valence-electron chi connectivity index (χ4n) is 2.07. The highest BCUT2D eigenvalue weighted by atomic mass is 32.2. The summed E-state index contributed by atoms with van der Waals surface area (Å²) in [7, 11) is 1.70. The smallest absolute Gasteiger partial charge is 0.140 e. The van der Waals surface area contributed by atoms with Gasteiger partial charge in [0.1, 0.15) is 5.78 Å². The van der Waals surface area contributed by atoms with Crippen molar-refractivity contribution in [2.45, 2.75) is 45.0 Å². The van der Waals surface area contributed by atoms with Gasteiger partial charge in [-0.2, -0.15) is 11.8 Å². The highest BCUT2D eigenvalue weighted by Crippen LogP contribution is 2.25. The second-order valence-electron chi connectivity index (χ2n) is 6.12. The Balaban J connectivity index is 2.72. The number of hydrogen-bond acceptors (Lipinski definition) is 3. The van der Waals surface area contributed by atoms with Crippen LogP contribution < -0.4 is 0 Å². The Hall–Kier alpha value is -0.800. The van der Waals surface area contributed by atoms with E-state index in [9.17, 15) is 4.79 Å². The van der Waals surface area contributed by atoms with Gasteiger partial charge in [-0.25, -0.2) is 0 Å². The number of hydrogen-bond donors (Lipinski definition) is 0. The summed E-state index contributed by atoms with van der Waals surface area (Å²) in [5, 5.41) is 0.300. The summed E-state index contributed by atoms with van der Waals surface area (Å²) in [6, 6.07) is 10.4. The average Bonchev–Trinajstić information content (AvgIpc) is 2.42. The van der Waals surface area contributed by atoms with Gasteiger partial charge in [0.2, 0.25) is 0 Å². The third-order valence-electron chi connectivity index (χ3n) is 3.52. The monoisotopic (exact) mass is 294 g/mol. The van der Waals surface area contributed by atoms with Gasteiger partial charge in [0, 0.05) is 24.2 Å². The number of carbonyl (C=O) groups is 1. The number of carbonyl (C=O) groups excluding carboxylic acids is 1. The lowest BCUT2D eigenvalue weighted by Crippen LogP contribution is -2.33. The van der Waals surface area contributed by atoms with Gasteiger partial charge >= 0.3 is 0 Å². The molecule has 1 aromatic rings. The maximum atomic E-state index is 12.2. The molecule has 20 heavy (non-hydrogen) atoms. The van der Waals surface area contributed by atoms with Crippen molar-refractivity contribution in [2.75, 3.05) is 13.4 Å². The van der Waals surface area contributed by atoms with Crippen molar-refractivity contribution < 1.29 is 9.53 Å². The summed E-state index contributed by atoms with van der Waals surface area (Å²) in [6.07, 6.45) is 3.47. The predicted molar refractivity (Wildman–Crippen MR) is 87.3 cm³/mol. The van der Waals surface area contributed by atoms with Crippen molar-refractivity contribution in [3.8, 4) is 0 Å². The first-order chi connectivity index (χ1) is 9.38. The van der Waals surface area contributed by atoms with Crippen molar-refractivity contribution in [3.63, 3.8) is 0 Å². The minimum atomic E-state index is -0.299. The molecule has 0 heterocycles. The highest BCUT2D eigenvalue weighted by Gasteiger charge is 2.29. The zero-order valence-electron chi connectivity index (χ0n) is 13.2. The molecule has 0 radical (unpaired) electrons. The summed E-state index contributed by atoms with van der Waals surface area (Å²) in [4.78, 5) is 12.2. The average molecular weight is 294 g/mol. The van der Waals surface area contributed by atoms with E-state index in [0.29, 0.717) is 11.7 Å². The van der Waals surface area contributed by atoms with E-state index in [4.69, 9.17) is 4.74 Å². The molecule has 0 saturated heterocycles. The van der Waals surface area contributed by atoms with Crippen LogP contribution in [0.3, 0.4) is 0 Å². The molecule has 112 valence electrons. The van der Waals surface area contributed by atoms with Crippen LogP contribution in [-0.2, 0) is 16.0 Å². The standard InChI is InChI=1S/C17H26O2S/c1-17(2,3)16(18)12-14(19-4)15(20-5)11-13-9-7-6-8-10-13/h6-10,14-15H,11-12H2,1-5H3/t14-,15+/m1/s1. The van der Waals surface area contributed by atoms with E-state index < -0.39 is 0 Å². The normalized spacial score (nSPS) is 14.8. The van der Waals surface area contributed by atoms with Crippen molar-refractivity contribution in [1.29, 1.82) is 0 Å². The van der Waals surface area contributed by atoms with Crippen LogP contribution in [-0.4, -0.2) is 30.5 Å². The highest BCUT2D eigenvalue weighted by molar-refractivity contribution is 7.99. The molecule has 0 aliphatic carbocycles. The molecular formula is C17H26O2S. The van der Waals surface area contributed by atoms with Gasteiger partial charge < -0.3 is 4.74 Å². The van der Waals surface area contributed by atoms with Crippen molar-refractivity contribution >= 4 is 17.5 Å². The van der Waals surface area contributed by atoms with Gasteiger partial charge in [-0.15, -0.1) is 0 Å². The second kappa shape index (κ2) is 7.84. The molecule has 0 fully saturated rings. The molecule has 2 nitrogen and oxygen atoms in total. The summed E-state index contributed by atoms with van der Waals surface area (Å²) in [5.41, 5.74) is 0.990. The summed E-state index contributed by atoms with van der Waals surface area (Å²) < 4.78 is 5.60. The summed E-state index contributed by atoms with van der Waals surface area (Å²) >= 11 is 1.77. The van der Waals surface area contributed by atoms with Crippen LogP contribution in [0.1, 0.15) is 32.8 Å². The molecule has 1 aromatic carbocycles. The Kier molecular flexibility index (Phi) is 6.77. The maximum Gasteiger partial charge on any atom is 0.140 e. The zero-order chi connectivity index (χ0) is 15.2. The molecular weight excluding hydrogens is 268 g/mol. The second-order valence-corrected chi connectivity index (χ2v) is 7.19. The number of ether oxygens (including phenoxy) is 1. The molecule has 0 aliphatic heterocycles. The van der Waals surface area contributed by atoms with Gasteiger partial charge in [-0.1, -0.05) is 51.1 Å². The fourth-order valence-corrected chi connectivity index (χ4v) is 2.94. The first-order valence-corrected chi connectivity index (χ1v) is 8.30. The van der Waals surface area contributed by atoms with Crippen LogP contribution in [0.5, 0.6) is 0 Å². The van der Waals surface area contributed by atoms with E-state index in [1.54, 1.807) is 18.9 Å². The van der Waals surface area contributed by atoms with Crippen molar-refractivity contribution in [3.05, 3.63) is 35.9 Å². The van der Waals surface area contributed by atoms with Gasteiger partial charge in [0.15, 0.2) is 0 Å². The Morgan fingerprint density at radius 2 is 1.85 bits per heavy atom. The summed E-state index contributed by atoms with van der Waals surface area (Å²) in [5.74, 6) is 0.261. The van der Waals surface area contributed by atoms with Crippen LogP contribution in [0.15, 0.2) is 30.3 Å². The van der Waals surface area contributed by atoms with Crippen LogP contribution in [0.25, 0.3) is 0 Å². The molecule has 3 heteroatoms. The first kappa shape index (κ1) is 17.3. The number of rotatable bonds is 7. The minimum absolute atomic E-state index is 0.0306. The van der Waals surface area contributed by atoms with E-state index in [0.717, 1.165) is 6.42 Å². The minimum Gasteiger partial charge on any atom is -0.380 e. The van der Waals surface area contributed by atoms with Crippen molar-refractivity contribution in [2.24, 2.45) is 5.41 Å². The predicted octanol–water partition coefficient (Wildman–Crippen LogP) is 3.98. The van der Waals surface area contributed by atoms with Crippen LogP contribution in [0.2, 0.25) is 0 Å². The van der Waals surface area contributed by atoms with Crippen LogP contribution in [0.4, 0.5) is 0 Å². The fraction of sp³-hybridized carbons (Fsp3) is 0.588. The van der Waals surface area contributed by atoms with E-state index in [1.165, 1.54) is 5.56 Å². The Morgan fingerprint density at radius 3 is 2.30 bits per heavy atom. The lowest BCUT2D eigenvalue weighted by Gasteiger charge is -2.27. The van der Waals surface area contributed by atoms with E-state index in [2.05, 4.69) is 30.5 Å². The maximum absolute atomic E-state index is 12.2. The number of Topliss-reactive ketones (excluding diaryl/α,β-unsaturated/α-hetero) is 1. The molecule has 0 aliphatic rings. The Morgan fingerprint density at radius 1 is 1.25 bits per heavy atom. The van der Waals surface area contributed by atoms with Crippen LogP contribution >= 0.6 is 11.8 Å². The number of benzene rings is 1. The molecule has 1 rings (SSSR count). The SMILES string of the molecule is CO[C@H](CC(=O)C(C)(C)C)[C@H](Cc1ccccc1)SC.